The van der Waals surface area contributed by atoms with Gasteiger partial charge in [0, 0.05) is 25.5 Å². The van der Waals surface area contributed by atoms with Crippen molar-refractivity contribution in [3.8, 4) is 0 Å². The number of hydrogen-bond acceptors (Lipinski definition) is 3. The van der Waals surface area contributed by atoms with Crippen LogP contribution in [-0.4, -0.2) is 27.6 Å². The molecule has 0 radical (unpaired) electrons. The van der Waals surface area contributed by atoms with Crippen molar-refractivity contribution < 1.29 is 5.11 Å². The van der Waals surface area contributed by atoms with Crippen LogP contribution in [0.15, 0.2) is 30.6 Å². The van der Waals surface area contributed by atoms with Crippen molar-refractivity contribution in [1.82, 2.24) is 14.7 Å². The average Bonchev–Trinajstić information content (AvgIpc) is 2.71. The van der Waals surface area contributed by atoms with Crippen LogP contribution in [0.3, 0.4) is 0 Å². The maximum Gasteiger partial charge on any atom is 0.137 e. The summed E-state index contributed by atoms with van der Waals surface area (Å²) in [5, 5.41) is 12.2. The first kappa shape index (κ1) is 12.1. The SMILES string of the molecule is CC(CCO)CNCc1cn2ccccc2n1. The summed E-state index contributed by atoms with van der Waals surface area (Å²) in [5.74, 6) is 0.497. The summed E-state index contributed by atoms with van der Waals surface area (Å²) in [6.07, 6.45) is 4.89. The smallest absolute Gasteiger partial charge is 0.137 e. The van der Waals surface area contributed by atoms with Crippen LogP contribution in [0, 0.1) is 5.92 Å². The Kier molecular flexibility index (Phi) is 4.12. The Morgan fingerprint density at radius 2 is 2.35 bits per heavy atom. The van der Waals surface area contributed by atoms with Gasteiger partial charge in [-0.3, -0.25) is 0 Å². The highest BCUT2D eigenvalue weighted by Gasteiger charge is 2.03. The molecule has 2 rings (SSSR count). The van der Waals surface area contributed by atoms with Gasteiger partial charge in [-0.1, -0.05) is 13.0 Å². The second-order valence-electron chi connectivity index (χ2n) is 4.45. The number of fused-ring (bicyclic) bond motifs is 1. The number of imidazole rings is 1. The monoisotopic (exact) mass is 233 g/mol. The number of rotatable bonds is 6. The summed E-state index contributed by atoms with van der Waals surface area (Å²) in [7, 11) is 0. The van der Waals surface area contributed by atoms with Gasteiger partial charge in [0.1, 0.15) is 5.65 Å². The molecule has 2 heterocycles. The molecule has 0 bridgehead atoms. The van der Waals surface area contributed by atoms with Crippen molar-refractivity contribution in [2.45, 2.75) is 19.9 Å². The van der Waals surface area contributed by atoms with Crippen LogP contribution in [0.1, 0.15) is 19.0 Å². The quantitative estimate of drug-likeness (QED) is 0.794. The van der Waals surface area contributed by atoms with E-state index in [0.29, 0.717) is 5.92 Å². The minimum atomic E-state index is 0.261. The lowest BCUT2D eigenvalue weighted by molar-refractivity contribution is 0.260. The number of aliphatic hydroxyl groups is 1. The molecule has 92 valence electrons. The molecule has 2 aromatic heterocycles. The van der Waals surface area contributed by atoms with Crippen LogP contribution in [0.25, 0.3) is 5.65 Å². The van der Waals surface area contributed by atoms with Crippen LogP contribution in [0.4, 0.5) is 0 Å². The molecule has 0 aliphatic carbocycles. The summed E-state index contributed by atoms with van der Waals surface area (Å²) < 4.78 is 2.02. The Morgan fingerprint density at radius 1 is 1.47 bits per heavy atom. The third-order valence-corrected chi connectivity index (χ3v) is 2.83. The highest BCUT2D eigenvalue weighted by Crippen LogP contribution is 2.04. The highest BCUT2D eigenvalue weighted by molar-refractivity contribution is 5.39. The zero-order chi connectivity index (χ0) is 12.1. The van der Waals surface area contributed by atoms with Crippen molar-refractivity contribution in [2.75, 3.05) is 13.2 Å². The number of pyridine rings is 1. The summed E-state index contributed by atoms with van der Waals surface area (Å²) in [6, 6.07) is 5.98. The minimum Gasteiger partial charge on any atom is -0.396 e. The lowest BCUT2D eigenvalue weighted by Crippen LogP contribution is -2.21. The van der Waals surface area contributed by atoms with Gasteiger partial charge in [0.2, 0.25) is 0 Å². The second kappa shape index (κ2) is 5.80. The molecule has 0 aliphatic heterocycles. The molecule has 0 amide bonds. The summed E-state index contributed by atoms with van der Waals surface area (Å²) >= 11 is 0. The van der Waals surface area contributed by atoms with Crippen molar-refractivity contribution in [1.29, 1.82) is 0 Å². The summed E-state index contributed by atoms with van der Waals surface area (Å²) in [6.45, 7) is 4.08. The summed E-state index contributed by atoms with van der Waals surface area (Å²) in [5.41, 5.74) is 2.03. The largest absolute Gasteiger partial charge is 0.396 e. The Labute approximate surface area is 101 Å². The van der Waals surface area contributed by atoms with E-state index in [-0.39, 0.29) is 6.61 Å². The van der Waals surface area contributed by atoms with E-state index >= 15 is 0 Å². The lowest BCUT2D eigenvalue weighted by atomic mass is 10.1. The molecule has 0 saturated heterocycles. The summed E-state index contributed by atoms with van der Waals surface area (Å²) in [4.78, 5) is 4.51. The van der Waals surface area contributed by atoms with E-state index in [2.05, 4.69) is 17.2 Å². The number of nitrogens with zero attached hydrogens (tertiary/aromatic N) is 2. The van der Waals surface area contributed by atoms with Crippen LogP contribution in [0.2, 0.25) is 0 Å². The highest BCUT2D eigenvalue weighted by atomic mass is 16.3. The molecule has 0 fully saturated rings. The topological polar surface area (TPSA) is 49.6 Å². The maximum atomic E-state index is 8.80. The molecular formula is C13H19N3O. The second-order valence-corrected chi connectivity index (χ2v) is 4.45. The molecular weight excluding hydrogens is 214 g/mol. The van der Waals surface area contributed by atoms with E-state index in [0.717, 1.165) is 30.9 Å². The van der Waals surface area contributed by atoms with Crippen LogP contribution >= 0.6 is 0 Å². The van der Waals surface area contributed by atoms with E-state index in [9.17, 15) is 0 Å². The molecule has 2 aromatic rings. The number of aliphatic hydroxyl groups excluding tert-OH is 1. The van der Waals surface area contributed by atoms with Gasteiger partial charge in [0.05, 0.1) is 5.69 Å². The molecule has 1 atom stereocenters. The Balaban J connectivity index is 1.86. The molecule has 17 heavy (non-hydrogen) atoms. The van der Waals surface area contributed by atoms with Crippen LogP contribution in [0.5, 0.6) is 0 Å². The first-order valence-electron chi connectivity index (χ1n) is 6.04. The van der Waals surface area contributed by atoms with E-state index in [1.165, 1.54) is 0 Å². The third kappa shape index (κ3) is 3.28. The van der Waals surface area contributed by atoms with Gasteiger partial charge in [-0.25, -0.2) is 4.98 Å². The average molecular weight is 233 g/mol. The van der Waals surface area contributed by atoms with Crippen LogP contribution < -0.4 is 5.32 Å². The maximum absolute atomic E-state index is 8.80. The fourth-order valence-electron chi connectivity index (χ4n) is 1.84. The molecule has 2 N–H and O–H groups in total. The van der Waals surface area contributed by atoms with Gasteiger partial charge in [-0.2, -0.15) is 0 Å². The van der Waals surface area contributed by atoms with Gasteiger partial charge in [-0.15, -0.1) is 0 Å². The van der Waals surface area contributed by atoms with Gasteiger partial charge in [-0.05, 0) is 31.0 Å². The molecule has 0 aliphatic rings. The number of hydrogen-bond donors (Lipinski definition) is 2. The van der Waals surface area contributed by atoms with E-state index in [1.54, 1.807) is 0 Å². The Morgan fingerprint density at radius 3 is 3.12 bits per heavy atom. The molecule has 4 nitrogen and oxygen atoms in total. The van der Waals surface area contributed by atoms with Gasteiger partial charge in [0.25, 0.3) is 0 Å². The number of aromatic nitrogens is 2. The molecule has 4 heteroatoms. The normalized spacial score (nSPS) is 13.1. The first-order chi connectivity index (χ1) is 8.29. The lowest BCUT2D eigenvalue weighted by Gasteiger charge is -2.09. The van der Waals surface area contributed by atoms with Crippen molar-refractivity contribution in [3.05, 3.63) is 36.3 Å². The van der Waals surface area contributed by atoms with Crippen molar-refractivity contribution in [2.24, 2.45) is 5.92 Å². The van der Waals surface area contributed by atoms with Crippen molar-refractivity contribution >= 4 is 5.65 Å². The number of nitrogens with one attached hydrogen (secondary N) is 1. The fraction of sp³-hybridized carbons (Fsp3) is 0.462. The van der Waals surface area contributed by atoms with E-state index in [1.807, 2.05) is 35.0 Å². The first-order valence-corrected chi connectivity index (χ1v) is 6.04. The van der Waals surface area contributed by atoms with E-state index < -0.39 is 0 Å². The zero-order valence-corrected chi connectivity index (χ0v) is 10.1. The van der Waals surface area contributed by atoms with Crippen molar-refractivity contribution in [3.63, 3.8) is 0 Å². The predicted octanol–water partition coefficient (Wildman–Crippen LogP) is 1.44. The molecule has 1 unspecified atom stereocenters. The zero-order valence-electron chi connectivity index (χ0n) is 10.1. The predicted molar refractivity (Wildman–Crippen MR) is 67.8 cm³/mol. The van der Waals surface area contributed by atoms with Crippen LogP contribution in [-0.2, 0) is 6.54 Å². The van der Waals surface area contributed by atoms with Gasteiger partial charge < -0.3 is 14.8 Å². The Bertz CT molecular complexity index is 433. The fourth-order valence-corrected chi connectivity index (χ4v) is 1.84. The van der Waals surface area contributed by atoms with Gasteiger partial charge in [0.15, 0.2) is 0 Å². The standard InChI is InChI=1S/C13H19N3O/c1-11(5-7-17)8-14-9-12-10-16-6-3-2-4-13(16)15-12/h2-4,6,10-11,14,17H,5,7-9H2,1H3. The van der Waals surface area contributed by atoms with E-state index in [4.69, 9.17) is 5.11 Å². The Hall–Kier alpha value is -1.39. The third-order valence-electron chi connectivity index (χ3n) is 2.83. The minimum absolute atomic E-state index is 0.261. The molecule has 0 spiro atoms. The molecule has 0 aromatic carbocycles. The van der Waals surface area contributed by atoms with Gasteiger partial charge >= 0.3 is 0 Å². The molecule has 0 saturated carbocycles.